The Kier molecular flexibility index (Phi) is 5.69. The van der Waals surface area contributed by atoms with Gasteiger partial charge in [0.2, 0.25) is 0 Å². The highest BCUT2D eigenvalue weighted by Gasteiger charge is 2.22. The van der Waals surface area contributed by atoms with Gasteiger partial charge in [0.1, 0.15) is 5.75 Å². The minimum Gasteiger partial charge on any atom is -0.496 e. The van der Waals surface area contributed by atoms with E-state index in [1.807, 2.05) is 18.2 Å². The molecule has 144 valence electrons. The third-order valence-corrected chi connectivity index (χ3v) is 4.19. The van der Waals surface area contributed by atoms with Crippen molar-refractivity contribution in [3.05, 3.63) is 70.1 Å². The Morgan fingerprint density at radius 1 is 1.11 bits per heavy atom. The second kappa shape index (κ2) is 8.34. The maximum absolute atomic E-state index is 12.5. The van der Waals surface area contributed by atoms with E-state index in [2.05, 4.69) is 15.5 Å². The van der Waals surface area contributed by atoms with Crippen LogP contribution in [0.5, 0.6) is 5.75 Å². The van der Waals surface area contributed by atoms with Crippen molar-refractivity contribution in [2.24, 2.45) is 0 Å². The summed E-state index contributed by atoms with van der Waals surface area (Å²) in [5.74, 6) is -0.614. The first-order valence-electron chi connectivity index (χ1n) is 8.59. The monoisotopic (exact) mass is 381 g/mol. The minimum absolute atomic E-state index is 0.0559. The normalized spacial score (nSPS) is 11.6. The number of carbonyl (C=O) groups is 2. The lowest BCUT2D eigenvalue weighted by Gasteiger charge is -2.14. The summed E-state index contributed by atoms with van der Waals surface area (Å²) in [7, 11) is 1.55. The van der Waals surface area contributed by atoms with E-state index in [1.165, 1.54) is 6.92 Å². The fraction of sp³-hybridized carbons (Fsp3) is 0.200. The number of carbonyl (C=O) groups excluding carboxylic acids is 2. The van der Waals surface area contributed by atoms with Crippen LogP contribution in [-0.2, 0) is 16.1 Å². The number of ether oxygens (including phenoxy) is 2. The quantitative estimate of drug-likeness (QED) is 0.630. The van der Waals surface area contributed by atoms with Crippen molar-refractivity contribution in [2.45, 2.75) is 19.6 Å². The topological polar surface area (TPSA) is 110 Å². The number of para-hydroxylation sites is 1. The molecule has 28 heavy (non-hydrogen) atoms. The molecule has 0 fully saturated rings. The number of rotatable bonds is 6. The first-order chi connectivity index (χ1) is 13.5. The summed E-state index contributed by atoms with van der Waals surface area (Å²) in [5, 5.41) is 9.42. The molecule has 1 heterocycles. The van der Waals surface area contributed by atoms with Crippen LogP contribution in [0.3, 0.4) is 0 Å². The predicted molar refractivity (Wildman–Crippen MR) is 102 cm³/mol. The number of amides is 1. The van der Waals surface area contributed by atoms with Crippen LogP contribution in [0, 0.1) is 0 Å². The zero-order valence-corrected chi connectivity index (χ0v) is 15.4. The highest BCUT2D eigenvalue weighted by atomic mass is 16.5. The van der Waals surface area contributed by atoms with Gasteiger partial charge in [0.25, 0.3) is 11.5 Å². The van der Waals surface area contributed by atoms with Crippen molar-refractivity contribution >= 4 is 22.6 Å². The predicted octanol–water partition coefficient (Wildman–Crippen LogP) is 1.79. The van der Waals surface area contributed by atoms with Crippen LogP contribution < -0.4 is 15.6 Å². The zero-order chi connectivity index (χ0) is 20.1. The molecule has 0 spiro atoms. The number of nitrogens with one attached hydrogen (secondary N) is 2. The number of hydrogen-bond donors (Lipinski definition) is 2. The number of H-pyrrole nitrogens is 1. The Balaban J connectivity index is 1.68. The Labute approximate surface area is 160 Å². The van der Waals surface area contributed by atoms with E-state index in [4.69, 9.17) is 9.47 Å². The van der Waals surface area contributed by atoms with Gasteiger partial charge in [-0.05, 0) is 19.1 Å². The maximum Gasteiger partial charge on any atom is 0.360 e. The molecule has 0 unspecified atom stereocenters. The average molecular weight is 381 g/mol. The minimum atomic E-state index is -1.05. The van der Waals surface area contributed by atoms with Gasteiger partial charge < -0.3 is 14.8 Å². The Bertz CT molecular complexity index is 1080. The van der Waals surface area contributed by atoms with Gasteiger partial charge in [-0.2, -0.15) is 5.10 Å². The van der Waals surface area contributed by atoms with E-state index in [-0.39, 0.29) is 12.2 Å². The fourth-order valence-electron chi connectivity index (χ4n) is 2.72. The van der Waals surface area contributed by atoms with Crippen molar-refractivity contribution in [2.75, 3.05) is 7.11 Å². The molecule has 3 aromatic rings. The molecular formula is C20H19N3O5. The smallest absolute Gasteiger partial charge is 0.360 e. The van der Waals surface area contributed by atoms with E-state index in [0.29, 0.717) is 16.5 Å². The van der Waals surface area contributed by atoms with Gasteiger partial charge in [-0.1, -0.05) is 36.4 Å². The lowest BCUT2D eigenvalue weighted by atomic mass is 10.1. The number of fused-ring (bicyclic) bond motifs is 1. The molecule has 0 saturated heterocycles. The van der Waals surface area contributed by atoms with Crippen LogP contribution in [0.4, 0.5) is 0 Å². The van der Waals surface area contributed by atoms with Gasteiger partial charge in [-0.3, -0.25) is 9.59 Å². The summed E-state index contributed by atoms with van der Waals surface area (Å²) >= 11 is 0. The molecule has 0 aliphatic heterocycles. The molecular weight excluding hydrogens is 362 g/mol. The highest BCUT2D eigenvalue weighted by molar-refractivity contribution is 6.02. The van der Waals surface area contributed by atoms with E-state index < -0.39 is 23.5 Å². The number of aromatic amines is 1. The Morgan fingerprint density at radius 3 is 2.54 bits per heavy atom. The highest BCUT2D eigenvalue weighted by Crippen LogP contribution is 2.17. The SMILES string of the molecule is COc1ccccc1CNC(=O)[C@@H](C)OC(=O)c1n[nH]c(=O)c2ccccc12. The van der Waals surface area contributed by atoms with Crippen LogP contribution in [0.1, 0.15) is 23.0 Å². The summed E-state index contributed by atoms with van der Waals surface area (Å²) in [6.07, 6.45) is -1.05. The van der Waals surface area contributed by atoms with Crippen molar-refractivity contribution in [3.63, 3.8) is 0 Å². The summed E-state index contributed by atoms with van der Waals surface area (Å²) in [6, 6.07) is 13.8. The van der Waals surface area contributed by atoms with Crippen LogP contribution in [0.15, 0.2) is 53.3 Å². The number of aromatic nitrogens is 2. The molecule has 3 rings (SSSR count). The molecule has 0 aliphatic carbocycles. The zero-order valence-electron chi connectivity index (χ0n) is 15.4. The largest absolute Gasteiger partial charge is 0.496 e. The Hall–Kier alpha value is -3.68. The van der Waals surface area contributed by atoms with Crippen LogP contribution in [0.2, 0.25) is 0 Å². The summed E-state index contributed by atoms with van der Waals surface area (Å²) in [6.45, 7) is 1.69. The van der Waals surface area contributed by atoms with Crippen LogP contribution in [0.25, 0.3) is 10.8 Å². The first-order valence-corrected chi connectivity index (χ1v) is 8.59. The molecule has 1 amide bonds. The molecule has 2 N–H and O–H groups in total. The van der Waals surface area contributed by atoms with Gasteiger partial charge in [-0.25, -0.2) is 9.89 Å². The van der Waals surface area contributed by atoms with Crippen molar-refractivity contribution in [1.29, 1.82) is 0 Å². The molecule has 0 saturated carbocycles. The molecule has 0 aliphatic rings. The van der Waals surface area contributed by atoms with Crippen molar-refractivity contribution < 1.29 is 19.1 Å². The second-order valence-electron chi connectivity index (χ2n) is 6.02. The molecule has 2 aromatic carbocycles. The number of esters is 1. The van der Waals surface area contributed by atoms with Crippen molar-refractivity contribution in [1.82, 2.24) is 15.5 Å². The summed E-state index contributed by atoms with van der Waals surface area (Å²) in [4.78, 5) is 36.6. The maximum atomic E-state index is 12.5. The third-order valence-electron chi connectivity index (χ3n) is 4.19. The van der Waals surface area contributed by atoms with Gasteiger partial charge in [0, 0.05) is 17.5 Å². The molecule has 0 bridgehead atoms. The van der Waals surface area contributed by atoms with Gasteiger partial charge >= 0.3 is 5.97 Å². The van der Waals surface area contributed by atoms with Gasteiger partial charge in [0.05, 0.1) is 12.5 Å². The first kappa shape index (κ1) is 19.1. The lowest BCUT2D eigenvalue weighted by molar-refractivity contribution is -0.129. The van der Waals surface area contributed by atoms with E-state index in [1.54, 1.807) is 37.4 Å². The van der Waals surface area contributed by atoms with E-state index in [0.717, 1.165) is 5.56 Å². The average Bonchev–Trinajstić information content (AvgIpc) is 2.72. The van der Waals surface area contributed by atoms with Gasteiger partial charge in [-0.15, -0.1) is 0 Å². The van der Waals surface area contributed by atoms with Crippen LogP contribution in [-0.4, -0.2) is 35.3 Å². The number of methoxy groups -OCH3 is 1. The Morgan fingerprint density at radius 2 is 1.79 bits per heavy atom. The number of hydrogen-bond acceptors (Lipinski definition) is 6. The summed E-state index contributed by atoms with van der Waals surface area (Å²) in [5.41, 5.74) is 0.333. The molecule has 8 nitrogen and oxygen atoms in total. The second-order valence-corrected chi connectivity index (χ2v) is 6.02. The van der Waals surface area contributed by atoms with E-state index in [9.17, 15) is 14.4 Å². The summed E-state index contributed by atoms with van der Waals surface area (Å²) < 4.78 is 10.5. The number of benzene rings is 2. The van der Waals surface area contributed by atoms with Gasteiger partial charge in [0.15, 0.2) is 11.8 Å². The lowest BCUT2D eigenvalue weighted by Crippen LogP contribution is -2.35. The third kappa shape index (κ3) is 4.01. The number of nitrogens with zero attached hydrogens (tertiary/aromatic N) is 1. The van der Waals surface area contributed by atoms with E-state index >= 15 is 0 Å². The standard InChI is InChI=1S/C20H19N3O5/c1-12(18(24)21-11-13-7-3-6-10-16(13)27-2)28-20(26)17-14-8-4-5-9-15(14)19(25)23-22-17/h3-10,12H,11H2,1-2H3,(H,21,24)(H,23,25)/t12-/m1/s1. The molecule has 0 radical (unpaired) electrons. The van der Waals surface area contributed by atoms with Crippen LogP contribution >= 0.6 is 0 Å². The molecule has 8 heteroatoms. The fourth-order valence-corrected chi connectivity index (χ4v) is 2.72. The molecule has 1 aromatic heterocycles. The molecule has 1 atom stereocenters. The van der Waals surface area contributed by atoms with Crippen molar-refractivity contribution in [3.8, 4) is 5.75 Å².